The van der Waals surface area contributed by atoms with Crippen LogP contribution in [0.3, 0.4) is 0 Å². The Morgan fingerprint density at radius 1 is 0.850 bits per heavy atom. The molecule has 2 rings (SSSR count). The van der Waals surface area contributed by atoms with Gasteiger partial charge >= 0.3 is 0 Å². The molecular formula is C15H13Cl4N. The average molecular weight is 349 g/mol. The number of hydrogen-bond acceptors (Lipinski definition) is 1. The zero-order valence-electron chi connectivity index (χ0n) is 10.5. The molecule has 0 aromatic heterocycles. The van der Waals surface area contributed by atoms with Crippen LogP contribution in [0.15, 0.2) is 36.4 Å². The second kappa shape index (κ2) is 7.02. The van der Waals surface area contributed by atoms with E-state index in [2.05, 4.69) is 0 Å². The van der Waals surface area contributed by atoms with Gasteiger partial charge in [-0.15, -0.1) is 0 Å². The first-order chi connectivity index (χ1) is 9.54. The Kier molecular flexibility index (Phi) is 5.59. The molecule has 0 aliphatic rings. The lowest BCUT2D eigenvalue weighted by atomic mass is 9.92. The second-order valence-corrected chi connectivity index (χ2v) is 6.08. The maximum atomic E-state index is 6.24. The van der Waals surface area contributed by atoms with E-state index in [0.717, 1.165) is 11.1 Å². The predicted octanol–water partition coefficient (Wildman–Crippen LogP) is 5.59. The van der Waals surface area contributed by atoms with E-state index < -0.39 is 0 Å². The summed E-state index contributed by atoms with van der Waals surface area (Å²) in [6.07, 6.45) is 0.638. The molecule has 1 nitrogen and oxygen atoms in total. The molecule has 1 atom stereocenters. The lowest BCUT2D eigenvalue weighted by Gasteiger charge is -2.19. The molecule has 0 aliphatic carbocycles. The number of halogens is 4. The molecule has 1 unspecified atom stereocenters. The Morgan fingerprint density at radius 3 is 2.00 bits per heavy atom. The minimum atomic E-state index is -0.00725. The van der Waals surface area contributed by atoms with Gasteiger partial charge in [-0.3, -0.25) is 0 Å². The number of nitrogens with two attached hydrogens (primary N) is 1. The van der Waals surface area contributed by atoms with Gasteiger partial charge in [0.1, 0.15) is 0 Å². The predicted molar refractivity (Wildman–Crippen MR) is 88.4 cm³/mol. The van der Waals surface area contributed by atoms with Crippen molar-refractivity contribution in [3.8, 4) is 0 Å². The zero-order valence-corrected chi connectivity index (χ0v) is 13.6. The zero-order chi connectivity index (χ0) is 14.7. The van der Waals surface area contributed by atoms with Gasteiger partial charge in [-0.05, 0) is 42.3 Å². The van der Waals surface area contributed by atoms with Crippen molar-refractivity contribution < 1.29 is 0 Å². The van der Waals surface area contributed by atoms with Crippen molar-refractivity contribution in [3.63, 3.8) is 0 Å². The van der Waals surface area contributed by atoms with Crippen LogP contribution >= 0.6 is 46.4 Å². The third-order valence-corrected chi connectivity index (χ3v) is 4.71. The van der Waals surface area contributed by atoms with Crippen LogP contribution in [0.5, 0.6) is 0 Å². The fourth-order valence-corrected chi connectivity index (χ4v) is 3.28. The quantitative estimate of drug-likeness (QED) is 0.766. The summed E-state index contributed by atoms with van der Waals surface area (Å²) in [5.74, 6) is -0.00725. The van der Waals surface area contributed by atoms with Crippen LogP contribution in [0.2, 0.25) is 20.1 Å². The van der Waals surface area contributed by atoms with Crippen molar-refractivity contribution in [1.29, 1.82) is 0 Å². The molecule has 0 heterocycles. The summed E-state index contributed by atoms with van der Waals surface area (Å²) in [6.45, 7) is 0.423. The molecule has 20 heavy (non-hydrogen) atoms. The highest BCUT2D eigenvalue weighted by atomic mass is 35.5. The van der Waals surface area contributed by atoms with Crippen molar-refractivity contribution in [3.05, 3.63) is 67.6 Å². The maximum Gasteiger partial charge on any atom is 0.0624 e. The Balaban J connectivity index is 2.37. The molecule has 0 saturated heterocycles. The lowest BCUT2D eigenvalue weighted by molar-refractivity contribution is 0.695. The minimum Gasteiger partial charge on any atom is -0.330 e. The fourth-order valence-electron chi connectivity index (χ4n) is 2.18. The van der Waals surface area contributed by atoms with E-state index >= 15 is 0 Å². The summed E-state index contributed by atoms with van der Waals surface area (Å²) in [4.78, 5) is 0. The summed E-state index contributed by atoms with van der Waals surface area (Å²) in [5, 5.41) is 2.32. The number of hydrogen-bond donors (Lipinski definition) is 1. The van der Waals surface area contributed by atoms with Gasteiger partial charge in [0.15, 0.2) is 0 Å². The molecule has 2 aromatic carbocycles. The second-order valence-electron chi connectivity index (χ2n) is 4.49. The van der Waals surface area contributed by atoms with Crippen molar-refractivity contribution in [2.45, 2.75) is 12.3 Å². The molecular weight excluding hydrogens is 336 g/mol. The van der Waals surface area contributed by atoms with Gasteiger partial charge in [-0.25, -0.2) is 0 Å². The van der Waals surface area contributed by atoms with Crippen LogP contribution in [-0.2, 0) is 6.42 Å². The van der Waals surface area contributed by atoms with Crippen molar-refractivity contribution >= 4 is 46.4 Å². The highest BCUT2D eigenvalue weighted by Crippen LogP contribution is 2.35. The minimum absolute atomic E-state index is 0.00725. The van der Waals surface area contributed by atoms with Crippen LogP contribution in [-0.4, -0.2) is 6.54 Å². The first kappa shape index (κ1) is 15.9. The van der Waals surface area contributed by atoms with Crippen LogP contribution in [0.4, 0.5) is 0 Å². The fraction of sp³-hybridized carbons (Fsp3) is 0.200. The first-order valence-electron chi connectivity index (χ1n) is 6.11. The van der Waals surface area contributed by atoms with Gasteiger partial charge in [0, 0.05) is 16.0 Å². The van der Waals surface area contributed by atoms with Crippen LogP contribution in [0.1, 0.15) is 17.0 Å². The molecule has 2 aromatic rings. The molecule has 0 saturated carbocycles. The van der Waals surface area contributed by atoms with E-state index in [1.54, 1.807) is 6.07 Å². The molecule has 0 bridgehead atoms. The van der Waals surface area contributed by atoms with Crippen LogP contribution < -0.4 is 5.73 Å². The Hall–Kier alpha value is -0.440. The van der Waals surface area contributed by atoms with E-state index in [0.29, 0.717) is 33.1 Å². The van der Waals surface area contributed by atoms with Crippen LogP contribution in [0.25, 0.3) is 0 Å². The topological polar surface area (TPSA) is 26.0 Å². The van der Waals surface area contributed by atoms with E-state index in [1.165, 1.54) is 0 Å². The summed E-state index contributed by atoms with van der Waals surface area (Å²) in [7, 11) is 0. The lowest BCUT2D eigenvalue weighted by Crippen LogP contribution is -2.16. The van der Waals surface area contributed by atoms with E-state index in [9.17, 15) is 0 Å². The van der Waals surface area contributed by atoms with Crippen LogP contribution in [0, 0.1) is 0 Å². The highest BCUT2D eigenvalue weighted by molar-refractivity contribution is 6.42. The monoisotopic (exact) mass is 347 g/mol. The first-order valence-corrected chi connectivity index (χ1v) is 7.62. The van der Waals surface area contributed by atoms with E-state index in [1.807, 2.05) is 30.3 Å². The SMILES string of the molecule is NCC(Cc1cccc(Cl)c1Cl)c1c(Cl)cccc1Cl. The largest absolute Gasteiger partial charge is 0.330 e. The molecule has 5 heteroatoms. The summed E-state index contributed by atoms with van der Waals surface area (Å²) < 4.78 is 0. The van der Waals surface area contributed by atoms with Gasteiger partial charge in [0.25, 0.3) is 0 Å². The molecule has 2 N–H and O–H groups in total. The molecule has 0 radical (unpaired) electrons. The Bertz CT molecular complexity index is 593. The third-order valence-electron chi connectivity index (χ3n) is 3.19. The van der Waals surface area contributed by atoms with E-state index in [4.69, 9.17) is 52.1 Å². The van der Waals surface area contributed by atoms with Gasteiger partial charge < -0.3 is 5.73 Å². The normalized spacial score (nSPS) is 12.4. The standard InChI is InChI=1S/C15H13Cl4N/c16-11-4-2-5-12(17)14(11)10(8-20)7-9-3-1-6-13(18)15(9)19/h1-6,10H,7-8,20H2. The van der Waals surface area contributed by atoms with Crippen molar-refractivity contribution in [2.24, 2.45) is 5.73 Å². The highest BCUT2D eigenvalue weighted by Gasteiger charge is 2.19. The van der Waals surface area contributed by atoms with Gasteiger partial charge in [0.2, 0.25) is 0 Å². The summed E-state index contributed by atoms with van der Waals surface area (Å²) in [5.41, 5.74) is 7.68. The van der Waals surface area contributed by atoms with Gasteiger partial charge in [-0.2, -0.15) is 0 Å². The van der Waals surface area contributed by atoms with E-state index in [-0.39, 0.29) is 5.92 Å². The van der Waals surface area contributed by atoms with Crippen molar-refractivity contribution in [1.82, 2.24) is 0 Å². The summed E-state index contributed by atoms with van der Waals surface area (Å²) in [6, 6.07) is 11.0. The van der Waals surface area contributed by atoms with Gasteiger partial charge in [-0.1, -0.05) is 64.6 Å². The average Bonchev–Trinajstić information content (AvgIpc) is 2.42. The smallest absolute Gasteiger partial charge is 0.0624 e. The number of benzene rings is 2. The van der Waals surface area contributed by atoms with Crippen molar-refractivity contribution in [2.75, 3.05) is 6.54 Å². The maximum absolute atomic E-state index is 6.24. The molecule has 0 fully saturated rings. The summed E-state index contributed by atoms with van der Waals surface area (Å²) >= 11 is 24.7. The molecule has 0 aliphatic heterocycles. The third kappa shape index (κ3) is 3.41. The molecule has 0 amide bonds. The Labute approximate surface area is 138 Å². The van der Waals surface area contributed by atoms with Gasteiger partial charge in [0.05, 0.1) is 10.0 Å². The molecule has 0 spiro atoms. The Morgan fingerprint density at radius 2 is 1.40 bits per heavy atom. The molecule has 106 valence electrons. The number of rotatable bonds is 4.